The summed E-state index contributed by atoms with van der Waals surface area (Å²) in [5.74, 6) is -2.21. The number of rotatable bonds is 2. The molecule has 146 valence electrons. The Bertz CT molecular complexity index is 1290. The number of halogens is 5. The van der Waals surface area contributed by atoms with Crippen LogP contribution in [0.15, 0.2) is 53.3 Å². The van der Waals surface area contributed by atoms with E-state index in [-0.39, 0.29) is 38.1 Å². The lowest BCUT2D eigenvalue weighted by Gasteiger charge is -2.12. The molecule has 0 unspecified atom stereocenters. The maximum Gasteiger partial charge on any atom is 0.266 e. The Hall–Kier alpha value is -2.48. The van der Waals surface area contributed by atoms with Crippen molar-refractivity contribution in [2.75, 3.05) is 5.73 Å². The highest BCUT2D eigenvalue weighted by molar-refractivity contribution is 9.10. The topological polar surface area (TPSA) is 60.9 Å². The van der Waals surface area contributed by atoms with Crippen molar-refractivity contribution in [3.05, 3.63) is 80.5 Å². The second-order valence-corrected chi connectivity index (χ2v) is 7.80. The first-order chi connectivity index (χ1) is 13.8. The molecule has 0 aliphatic heterocycles. The van der Waals surface area contributed by atoms with Crippen LogP contribution in [0.1, 0.15) is 10.4 Å². The molecule has 4 nitrogen and oxygen atoms in total. The monoisotopic (exact) mass is 495 g/mol. The molecule has 0 saturated carbocycles. The number of carbonyl (C=O) groups excluding carboxylic acids is 1. The van der Waals surface area contributed by atoms with Crippen molar-refractivity contribution >= 4 is 61.8 Å². The van der Waals surface area contributed by atoms with Crippen molar-refractivity contribution in [1.29, 1.82) is 0 Å². The summed E-state index contributed by atoms with van der Waals surface area (Å²) in [6.07, 6.45) is 2.80. The lowest BCUT2D eigenvalue weighted by Crippen LogP contribution is -2.12. The fourth-order valence-corrected chi connectivity index (χ4v) is 4.17. The summed E-state index contributed by atoms with van der Waals surface area (Å²) in [6.45, 7) is 0. The van der Waals surface area contributed by atoms with Gasteiger partial charge in [-0.25, -0.2) is 13.8 Å². The molecule has 0 saturated heterocycles. The van der Waals surface area contributed by atoms with Crippen LogP contribution in [-0.2, 0) is 0 Å². The molecule has 4 rings (SSSR count). The van der Waals surface area contributed by atoms with Crippen LogP contribution in [0.4, 0.5) is 14.5 Å². The SMILES string of the molecule is Nc1ccc(F)c(-c2c(Br)cnc3c2ccn3C(=O)c2c(Cl)cccc2Cl)c1F. The molecule has 0 radical (unpaired) electrons. The zero-order valence-corrected chi connectivity index (χ0v) is 17.5. The van der Waals surface area contributed by atoms with Crippen LogP contribution in [0.2, 0.25) is 10.0 Å². The molecule has 2 N–H and O–H groups in total. The minimum absolute atomic E-state index is 0.0981. The maximum atomic E-state index is 14.7. The minimum atomic E-state index is -0.897. The Balaban J connectivity index is 1.99. The quantitative estimate of drug-likeness (QED) is 0.330. The van der Waals surface area contributed by atoms with E-state index in [1.807, 2.05) is 0 Å². The van der Waals surface area contributed by atoms with Gasteiger partial charge in [-0.05, 0) is 46.3 Å². The number of anilines is 1. The lowest BCUT2D eigenvalue weighted by molar-refractivity contribution is 0.0964. The zero-order chi connectivity index (χ0) is 20.9. The highest BCUT2D eigenvalue weighted by Crippen LogP contribution is 2.39. The van der Waals surface area contributed by atoms with E-state index in [1.165, 1.54) is 23.0 Å². The number of aromatic nitrogens is 2. The van der Waals surface area contributed by atoms with Gasteiger partial charge in [0.05, 0.1) is 26.9 Å². The molecule has 0 aliphatic carbocycles. The molecule has 0 bridgehead atoms. The first-order valence-corrected chi connectivity index (χ1v) is 9.74. The van der Waals surface area contributed by atoms with Gasteiger partial charge in [0.25, 0.3) is 5.91 Å². The number of nitrogen functional groups attached to an aromatic ring is 1. The minimum Gasteiger partial charge on any atom is -0.396 e. The van der Waals surface area contributed by atoms with Crippen LogP contribution < -0.4 is 5.73 Å². The maximum absolute atomic E-state index is 14.7. The summed E-state index contributed by atoms with van der Waals surface area (Å²) in [7, 11) is 0. The molecular formula is C20H10BrCl2F2N3O. The molecule has 9 heteroatoms. The summed E-state index contributed by atoms with van der Waals surface area (Å²) < 4.78 is 30.8. The number of nitrogens with two attached hydrogens (primary N) is 1. The molecule has 0 aliphatic rings. The summed E-state index contributed by atoms with van der Waals surface area (Å²) in [4.78, 5) is 17.3. The van der Waals surface area contributed by atoms with E-state index in [4.69, 9.17) is 28.9 Å². The fourth-order valence-electron chi connectivity index (χ4n) is 3.10. The molecule has 0 amide bonds. The summed E-state index contributed by atoms with van der Waals surface area (Å²) in [5, 5.41) is 0.698. The molecule has 0 atom stereocenters. The highest BCUT2D eigenvalue weighted by atomic mass is 79.9. The molecule has 29 heavy (non-hydrogen) atoms. The Labute approximate surface area is 182 Å². The van der Waals surface area contributed by atoms with Crippen molar-refractivity contribution in [3.63, 3.8) is 0 Å². The molecule has 0 spiro atoms. The molecule has 2 heterocycles. The average molecular weight is 497 g/mol. The average Bonchev–Trinajstić information content (AvgIpc) is 3.10. The molecule has 2 aromatic carbocycles. The third kappa shape index (κ3) is 3.19. The highest BCUT2D eigenvalue weighted by Gasteiger charge is 2.24. The number of nitrogens with zero attached hydrogens (tertiary/aromatic N) is 2. The number of pyridine rings is 1. The van der Waals surface area contributed by atoms with E-state index in [0.29, 0.717) is 9.86 Å². The molecular weight excluding hydrogens is 487 g/mol. The number of fused-ring (bicyclic) bond motifs is 1. The van der Waals surface area contributed by atoms with Gasteiger partial charge in [-0.15, -0.1) is 0 Å². The lowest BCUT2D eigenvalue weighted by atomic mass is 10.0. The zero-order valence-electron chi connectivity index (χ0n) is 14.4. The van der Waals surface area contributed by atoms with Gasteiger partial charge in [-0.1, -0.05) is 29.3 Å². The number of benzene rings is 2. The van der Waals surface area contributed by atoms with Crippen LogP contribution in [0.25, 0.3) is 22.2 Å². The van der Waals surface area contributed by atoms with Gasteiger partial charge in [-0.3, -0.25) is 9.36 Å². The van der Waals surface area contributed by atoms with Crippen molar-refractivity contribution < 1.29 is 13.6 Å². The largest absolute Gasteiger partial charge is 0.396 e. The van der Waals surface area contributed by atoms with Gasteiger partial charge < -0.3 is 5.73 Å². The number of hydrogen-bond donors (Lipinski definition) is 1. The Morgan fingerprint density at radius 2 is 1.76 bits per heavy atom. The van der Waals surface area contributed by atoms with E-state index in [2.05, 4.69) is 20.9 Å². The fraction of sp³-hybridized carbons (Fsp3) is 0. The van der Waals surface area contributed by atoms with Crippen molar-refractivity contribution in [2.45, 2.75) is 0 Å². The van der Waals surface area contributed by atoms with Crippen LogP contribution >= 0.6 is 39.1 Å². The van der Waals surface area contributed by atoms with Crippen LogP contribution in [0.5, 0.6) is 0 Å². The van der Waals surface area contributed by atoms with Crippen LogP contribution in [0, 0.1) is 11.6 Å². The first-order valence-electron chi connectivity index (χ1n) is 8.19. The summed E-state index contributed by atoms with van der Waals surface area (Å²) in [6, 6.07) is 8.46. The second-order valence-electron chi connectivity index (χ2n) is 6.13. The Kier molecular flexibility index (Phi) is 5.06. The number of carbonyl (C=O) groups is 1. The van der Waals surface area contributed by atoms with E-state index in [1.54, 1.807) is 18.2 Å². The third-order valence-electron chi connectivity index (χ3n) is 4.43. The van der Waals surface area contributed by atoms with E-state index >= 15 is 0 Å². The van der Waals surface area contributed by atoms with Gasteiger partial charge >= 0.3 is 0 Å². The van der Waals surface area contributed by atoms with Gasteiger partial charge in [-0.2, -0.15) is 0 Å². The van der Waals surface area contributed by atoms with E-state index in [9.17, 15) is 13.6 Å². The summed E-state index contributed by atoms with van der Waals surface area (Å²) >= 11 is 15.6. The predicted molar refractivity (Wildman–Crippen MR) is 113 cm³/mol. The molecule has 4 aromatic rings. The standard InChI is InChI=1S/C20H10BrCl2F2N3O/c21-10-8-27-19-9(15(10)17-13(24)4-5-14(26)18(17)25)6-7-28(19)20(29)16-11(22)2-1-3-12(16)23/h1-8H,26H2. The molecule has 0 fully saturated rings. The second kappa shape index (κ2) is 7.40. The van der Waals surface area contributed by atoms with Crippen LogP contribution in [0.3, 0.4) is 0 Å². The van der Waals surface area contributed by atoms with Gasteiger partial charge in [0.15, 0.2) is 5.82 Å². The Morgan fingerprint density at radius 1 is 1.07 bits per heavy atom. The van der Waals surface area contributed by atoms with Gasteiger partial charge in [0, 0.05) is 27.8 Å². The van der Waals surface area contributed by atoms with Crippen molar-refractivity contribution in [3.8, 4) is 11.1 Å². The third-order valence-corrected chi connectivity index (χ3v) is 5.67. The van der Waals surface area contributed by atoms with Crippen LogP contribution in [-0.4, -0.2) is 15.5 Å². The first kappa shape index (κ1) is 19.8. The van der Waals surface area contributed by atoms with E-state index < -0.39 is 17.5 Å². The van der Waals surface area contributed by atoms with Gasteiger partial charge in [0.1, 0.15) is 11.5 Å². The normalized spacial score (nSPS) is 11.2. The predicted octanol–water partition coefficient (Wildman–Crippen LogP) is 6.32. The number of hydrogen-bond acceptors (Lipinski definition) is 3. The summed E-state index contributed by atoms with van der Waals surface area (Å²) in [5.41, 5.74) is 5.58. The van der Waals surface area contributed by atoms with Gasteiger partial charge in [0.2, 0.25) is 0 Å². The van der Waals surface area contributed by atoms with E-state index in [0.717, 1.165) is 12.1 Å². The van der Waals surface area contributed by atoms with Crippen molar-refractivity contribution in [2.24, 2.45) is 0 Å². The Morgan fingerprint density at radius 3 is 2.45 bits per heavy atom. The smallest absolute Gasteiger partial charge is 0.266 e. The molecule has 2 aromatic heterocycles. The van der Waals surface area contributed by atoms with Crippen molar-refractivity contribution in [1.82, 2.24) is 9.55 Å².